The number of carboxylic acid groups (broad SMARTS) is 2. The highest BCUT2D eigenvalue weighted by Gasteiger charge is 2.70. The van der Waals surface area contributed by atoms with Gasteiger partial charge in [0.1, 0.15) is 54.9 Å². The van der Waals surface area contributed by atoms with Crippen molar-refractivity contribution in [2.75, 3.05) is 13.2 Å². The van der Waals surface area contributed by atoms with Gasteiger partial charge in [-0.2, -0.15) is 0 Å². The Labute approximate surface area is 385 Å². The van der Waals surface area contributed by atoms with Gasteiger partial charge in [-0.3, -0.25) is 4.79 Å². The van der Waals surface area contributed by atoms with Crippen LogP contribution in [0, 0.1) is 50.2 Å². The molecule has 0 bridgehead atoms. The van der Waals surface area contributed by atoms with Crippen LogP contribution in [-0.4, -0.2) is 180 Å². The summed E-state index contributed by atoms with van der Waals surface area (Å²) in [6, 6.07) is 0. The molecule has 3 aliphatic heterocycles. The molecular weight excluding hydrogens is 868 g/mol. The number of fused-ring (bicyclic) bond motifs is 7. The first-order valence-corrected chi connectivity index (χ1v) is 23.8. The van der Waals surface area contributed by atoms with Crippen molar-refractivity contribution in [3.63, 3.8) is 0 Å². The molecule has 11 N–H and O–H groups in total. The van der Waals surface area contributed by atoms with Crippen LogP contribution in [0.15, 0.2) is 11.6 Å². The lowest BCUT2D eigenvalue weighted by Gasteiger charge is -2.71. The molecule has 0 radical (unpaired) electrons. The Morgan fingerprint density at radius 2 is 1.36 bits per heavy atom. The first kappa shape index (κ1) is 50.5. The van der Waals surface area contributed by atoms with Gasteiger partial charge in [0.25, 0.3) is 0 Å². The van der Waals surface area contributed by atoms with Crippen molar-refractivity contribution in [3.05, 3.63) is 11.6 Å². The summed E-state index contributed by atoms with van der Waals surface area (Å²) in [7, 11) is 0. The maximum Gasteiger partial charge on any atom is 0.335 e. The van der Waals surface area contributed by atoms with E-state index in [1.807, 2.05) is 6.92 Å². The molecule has 8 rings (SSSR count). The Morgan fingerprint density at radius 1 is 0.697 bits per heavy atom. The lowest BCUT2D eigenvalue weighted by Crippen LogP contribution is -2.68. The zero-order valence-electron chi connectivity index (χ0n) is 39.0. The fourth-order valence-electron chi connectivity index (χ4n) is 14.8. The zero-order chi connectivity index (χ0) is 48.4. The number of aliphatic hydroxyl groups is 9. The van der Waals surface area contributed by atoms with Gasteiger partial charge in [-0.25, -0.2) is 4.79 Å². The molecule has 0 amide bonds. The molecule has 0 spiro atoms. The van der Waals surface area contributed by atoms with Crippen molar-refractivity contribution in [3.8, 4) is 0 Å². The zero-order valence-corrected chi connectivity index (χ0v) is 39.0. The summed E-state index contributed by atoms with van der Waals surface area (Å²) in [5.41, 5.74) is -2.06. The Bertz CT molecular complexity index is 1870. The minimum absolute atomic E-state index is 0.0996. The van der Waals surface area contributed by atoms with E-state index in [1.165, 1.54) is 12.5 Å². The third-order valence-corrected chi connectivity index (χ3v) is 19.4. The van der Waals surface area contributed by atoms with Crippen molar-refractivity contribution in [2.45, 2.75) is 204 Å². The molecule has 0 unspecified atom stereocenters. The second kappa shape index (κ2) is 17.4. The van der Waals surface area contributed by atoms with Crippen LogP contribution in [0.3, 0.4) is 0 Å². The fourth-order valence-corrected chi connectivity index (χ4v) is 14.8. The monoisotopic (exact) mass is 942 g/mol. The van der Waals surface area contributed by atoms with Crippen molar-refractivity contribution in [2.24, 2.45) is 50.2 Å². The Hall–Kier alpha value is -1.92. The Kier molecular flexibility index (Phi) is 13.3. The Morgan fingerprint density at radius 3 is 2.02 bits per heavy atom. The highest BCUT2D eigenvalue weighted by Crippen LogP contribution is 2.76. The van der Waals surface area contributed by atoms with Gasteiger partial charge in [-0.05, 0) is 106 Å². The van der Waals surface area contributed by atoms with E-state index in [1.54, 1.807) is 6.92 Å². The molecule has 3 heterocycles. The highest BCUT2D eigenvalue weighted by molar-refractivity contribution is 5.74. The van der Waals surface area contributed by atoms with Gasteiger partial charge < -0.3 is 84.6 Å². The van der Waals surface area contributed by atoms with E-state index < -0.39 is 133 Å². The summed E-state index contributed by atoms with van der Waals surface area (Å²) in [5, 5.41) is 119. The lowest BCUT2D eigenvalue weighted by molar-refractivity contribution is -0.387. The van der Waals surface area contributed by atoms with E-state index in [4.69, 9.17) is 28.4 Å². The molecule has 8 aliphatic rings. The molecular formula is C47H74O19. The van der Waals surface area contributed by atoms with Crippen molar-refractivity contribution < 1.29 is 94.2 Å². The second-order valence-electron chi connectivity index (χ2n) is 22.9. The van der Waals surface area contributed by atoms with Crippen LogP contribution in [0.5, 0.6) is 0 Å². The number of aliphatic hydroxyl groups excluding tert-OH is 9. The van der Waals surface area contributed by atoms with Crippen molar-refractivity contribution >= 4 is 11.9 Å². The van der Waals surface area contributed by atoms with E-state index in [0.717, 1.165) is 25.7 Å². The Balaban J connectivity index is 1.06. The topological polar surface area (TPSA) is 312 Å². The van der Waals surface area contributed by atoms with Gasteiger partial charge >= 0.3 is 11.9 Å². The summed E-state index contributed by atoms with van der Waals surface area (Å²) in [6.45, 7) is 13.4. The van der Waals surface area contributed by atoms with Crippen LogP contribution in [0.1, 0.15) is 106 Å². The summed E-state index contributed by atoms with van der Waals surface area (Å²) in [4.78, 5) is 25.0. The van der Waals surface area contributed by atoms with E-state index in [9.17, 15) is 65.8 Å². The number of aliphatic carboxylic acids is 2. The summed E-state index contributed by atoms with van der Waals surface area (Å²) in [5.74, 6) is -2.57. The molecule has 25 atom stereocenters. The van der Waals surface area contributed by atoms with Gasteiger partial charge in [0, 0.05) is 10.8 Å². The van der Waals surface area contributed by atoms with Crippen LogP contribution < -0.4 is 0 Å². The number of rotatable bonds is 9. The van der Waals surface area contributed by atoms with Gasteiger partial charge in [0.2, 0.25) is 0 Å². The number of ether oxygens (including phenoxy) is 6. The first-order chi connectivity index (χ1) is 30.7. The molecule has 0 aromatic heterocycles. The first-order valence-electron chi connectivity index (χ1n) is 23.8. The van der Waals surface area contributed by atoms with Crippen LogP contribution in [-0.2, 0) is 38.0 Å². The van der Waals surface area contributed by atoms with Gasteiger partial charge in [0.15, 0.2) is 25.0 Å². The molecule has 376 valence electrons. The highest BCUT2D eigenvalue weighted by atomic mass is 16.8. The summed E-state index contributed by atoms with van der Waals surface area (Å²) < 4.78 is 35.9. The van der Waals surface area contributed by atoms with Crippen LogP contribution in [0.25, 0.3) is 0 Å². The fraction of sp³-hybridized carbons (Fsp3) is 0.915. The number of allylic oxidation sites excluding steroid dienone is 2. The van der Waals surface area contributed by atoms with Crippen LogP contribution in [0.2, 0.25) is 0 Å². The van der Waals surface area contributed by atoms with Gasteiger partial charge in [0.05, 0.1) is 36.9 Å². The molecule has 19 nitrogen and oxygen atoms in total. The van der Waals surface area contributed by atoms with Gasteiger partial charge in [-0.15, -0.1) is 0 Å². The summed E-state index contributed by atoms with van der Waals surface area (Å²) in [6.07, 6.45) is -17.5. The van der Waals surface area contributed by atoms with Gasteiger partial charge in [-0.1, -0.05) is 46.3 Å². The predicted octanol–water partition coefficient (Wildman–Crippen LogP) is 0.408. The maximum absolute atomic E-state index is 12.6. The van der Waals surface area contributed by atoms with E-state index in [-0.39, 0.29) is 47.0 Å². The number of carbonyl (C=O) groups is 2. The lowest BCUT2D eigenvalue weighted by atomic mass is 9.33. The minimum atomic E-state index is -2.04. The molecule has 0 aromatic carbocycles. The van der Waals surface area contributed by atoms with Crippen LogP contribution >= 0.6 is 0 Å². The SMILES string of the molecule is C[C@@H]1O[C@@H](O[C@H]2[C@H](O[C@H]3[C@H](O[C@H]4CC[C@@]5(C)[C@@H](CC[C@]6(C)[C@@H]5CC=C5[C@@H]7C[C@@](C)(C(=O)O)C[C@@H](O)[C@]7(C)CC[C@]56C)[C@@]4(C)CO)O[C@H](C(=O)O)[C@@H](O)[C@@H]3O)OC[C@@H](O)[C@@H]2O)[C@H](O)[C@H](O)[C@H]1O. The average molecular weight is 943 g/mol. The van der Waals surface area contributed by atoms with Crippen molar-refractivity contribution in [1.29, 1.82) is 0 Å². The molecule has 0 aromatic rings. The number of hydrogen-bond acceptors (Lipinski definition) is 17. The molecule has 4 saturated carbocycles. The molecule has 19 heteroatoms. The maximum atomic E-state index is 12.6. The molecule has 3 saturated heterocycles. The number of carboxylic acids is 2. The minimum Gasteiger partial charge on any atom is -0.481 e. The quantitative estimate of drug-likeness (QED) is 0.110. The summed E-state index contributed by atoms with van der Waals surface area (Å²) >= 11 is 0. The normalized spacial score (nSPS) is 56.2. The van der Waals surface area contributed by atoms with E-state index in [0.29, 0.717) is 25.7 Å². The average Bonchev–Trinajstić information content (AvgIpc) is 3.25. The molecule has 66 heavy (non-hydrogen) atoms. The third-order valence-electron chi connectivity index (χ3n) is 19.4. The standard InChI is InChI=1S/C47H74O19/c1-20-28(51)30(53)33(56)38(62-20)65-35-29(52)23(49)18-61-39(35)66-36-32(55)31(54)34(37(57)58)64-40(36)63-27-11-12-44(4)24(45(27,5)19-48)10-13-47(7)25(44)9-8-21-22-16-42(2,41(59)60)17-26(50)43(22,3)14-15-46(21,47)6/h8,20,22-36,38-40,48-56H,9-19H2,1-7H3,(H,57,58)(H,59,60)/t20-,22-,23+,24+,25+,26+,27-,28-,29-,30+,31-,32-,33+,34-,35+,36+,38-,39-,40+,42+,43+,44-,45+,46+,47+/m0/s1. The number of hydrogen-bond donors (Lipinski definition) is 11. The smallest absolute Gasteiger partial charge is 0.335 e. The third kappa shape index (κ3) is 7.56. The van der Waals surface area contributed by atoms with Crippen LogP contribution in [0.4, 0.5) is 0 Å². The second-order valence-corrected chi connectivity index (χ2v) is 22.9. The molecule has 5 aliphatic carbocycles. The van der Waals surface area contributed by atoms with E-state index >= 15 is 0 Å². The molecule has 7 fully saturated rings. The predicted molar refractivity (Wildman–Crippen MR) is 227 cm³/mol. The van der Waals surface area contributed by atoms with Crippen molar-refractivity contribution in [1.82, 2.24) is 0 Å². The largest absolute Gasteiger partial charge is 0.481 e. The van der Waals surface area contributed by atoms with E-state index in [2.05, 4.69) is 33.8 Å².